The van der Waals surface area contributed by atoms with Crippen LogP contribution in [0.3, 0.4) is 0 Å². The van der Waals surface area contributed by atoms with Crippen molar-refractivity contribution < 1.29 is 14.6 Å². The van der Waals surface area contributed by atoms with Crippen LogP contribution in [0.1, 0.15) is 27.0 Å². The van der Waals surface area contributed by atoms with E-state index in [1.807, 2.05) is 103 Å². The number of aromatic carboxylic acids is 1. The minimum atomic E-state index is -0.953. The number of ether oxygens (including phenoxy) is 1. The Morgan fingerprint density at radius 3 is 2.21 bits per heavy atom. The van der Waals surface area contributed by atoms with Gasteiger partial charge in [0.15, 0.2) is 0 Å². The topological polar surface area (TPSA) is 59.4 Å². The molecule has 0 saturated heterocycles. The monoisotopic (exact) mass is 431 g/mol. The van der Waals surface area contributed by atoms with Crippen LogP contribution in [0.5, 0.6) is 5.75 Å². The summed E-state index contributed by atoms with van der Waals surface area (Å²) in [5, 5.41) is 11.1. The van der Waals surface area contributed by atoms with E-state index in [9.17, 15) is 9.90 Å². The van der Waals surface area contributed by atoms with Gasteiger partial charge in [0.05, 0.1) is 16.6 Å². The number of carboxylic acids is 1. The van der Waals surface area contributed by atoms with Gasteiger partial charge in [-0.15, -0.1) is 0 Å². The van der Waals surface area contributed by atoms with Gasteiger partial charge in [-0.1, -0.05) is 78.9 Å². The first-order chi connectivity index (χ1) is 16.2. The normalized spacial score (nSPS) is 11.3. The molecule has 0 bridgehead atoms. The third-order valence-electron chi connectivity index (χ3n) is 5.51. The number of hydrogen-bond acceptors (Lipinski definition) is 3. The molecule has 5 aromatic rings. The molecule has 4 aromatic carbocycles. The van der Waals surface area contributed by atoms with Crippen LogP contribution < -0.4 is 4.74 Å². The second-order valence-electron chi connectivity index (χ2n) is 7.76. The van der Waals surface area contributed by atoms with Gasteiger partial charge in [-0.2, -0.15) is 0 Å². The lowest BCUT2D eigenvalue weighted by Crippen LogP contribution is -2.01. The van der Waals surface area contributed by atoms with Crippen LogP contribution in [0.25, 0.3) is 34.0 Å². The molecule has 0 spiro atoms. The summed E-state index contributed by atoms with van der Waals surface area (Å²) in [6.07, 6.45) is 3.97. The Morgan fingerprint density at radius 2 is 1.42 bits per heavy atom. The standard InChI is InChI=1S/C29H21NO3/c31-29(32)28-24-8-4-5-9-26(24)30-27-17-14-21(18-25(27)28)11-10-20-12-15-23(16-13-20)33-19-22-6-2-1-3-7-22/h1-18H,19H2,(H,31,32). The lowest BCUT2D eigenvalue weighted by molar-refractivity contribution is 0.0701. The molecule has 0 atom stereocenters. The van der Waals surface area contributed by atoms with Crippen LogP contribution in [0.15, 0.2) is 97.1 Å². The fourth-order valence-corrected chi connectivity index (χ4v) is 3.85. The van der Waals surface area contributed by atoms with Crippen LogP contribution in [0.2, 0.25) is 0 Å². The van der Waals surface area contributed by atoms with E-state index in [2.05, 4.69) is 4.98 Å². The Hall–Kier alpha value is -4.44. The number of nitrogens with zero attached hydrogens (tertiary/aromatic N) is 1. The van der Waals surface area contributed by atoms with E-state index in [4.69, 9.17) is 4.74 Å². The van der Waals surface area contributed by atoms with Crippen LogP contribution in [0, 0.1) is 0 Å². The predicted molar refractivity (Wildman–Crippen MR) is 132 cm³/mol. The van der Waals surface area contributed by atoms with E-state index < -0.39 is 5.97 Å². The molecule has 1 N–H and O–H groups in total. The summed E-state index contributed by atoms with van der Waals surface area (Å²) >= 11 is 0. The maximum Gasteiger partial charge on any atom is 0.337 e. The summed E-state index contributed by atoms with van der Waals surface area (Å²) in [4.78, 5) is 16.7. The van der Waals surface area contributed by atoms with Crippen molar-refractivity contribution in [3.05, 3.63) is 119 Å². The van der Waals surface area contributed by atoms with E-state index in [0.717, 1.165) is 22.4 Å². The zero-order valence-corrected chi connectivity index (χ0v) is 17.8. The SMILES string of the molecule is O=C(O)c1c2ccccc2nc2ccc(C=Cc3ccc(OCc4ccccc4)cc3)cc12. The maximum atomic E-state index is 12.0. The number of pyridine rings is 1. The minimum absolute atomic E-state index is 0.283. The number of carbonyl (C=O) groups is 1. The van der Waals surface area contributed by atoms with Gasteiger partial charge in [0.2, 0.25) is 0 Å². The zero-order chi connectivity index (χ0) is 22.6. The Balaban J connectivity index is 1.38. The fourth-order valence-electron chi connectivity index (χ4n) is 3.85. The Bertz CT molecular complexity index is 1470. The number of benzene rings is 4. The highest BCUT2D eigenvalue weighted by molar-refractivity contribution is 6.14. The number of para-hydroxylation sites is 1. The molecule has 0 aliphatic heterocycles. The number of aromatic nitrogens is 1. The number of fused-ring (bicyclic) bond motifs is 2. The predicted octanol–water partition coefficient (Wildman–Crippen LogP) is 6.84. The molecule has 5 rings (SSSR count). The van der Waals surface area contributed by atoms with Crippen LogP contribution in [-0.4, -0.2) is 16.1 Å². The molecule has 0 aliphatic carbocycles. The summed E-state index contributed by atoms with van der Waals surface area (Å²) in [6.45, 7) is 0.530. The molecular weight excluding hydrogens is 410 g/mol. The quantitative estimate of drug-likeness (QED) is 0.236. The van der Waals surface area contributed by atoms with Gasteiger partial charge in [-0.3, -0.25) is 0 Å². The van der Waals surface area contributed by atoms with Crippen molar-refractivity contribution in [1.29, 1.82) is 0 Å². The molecule has 160 valence electrons. The average Bonchev–Trinajstić information content (AvgIpc) is 2.85. The van der Waals surface area contributed by atoms with E-state index in [1.54, 1.807) is 6.07 Å². The highest BCUT2D eigenvalue weighted by Gasteiger charge is 2.15. The van der Waals surface area contributed by atoms with E-state index in [0.29, 0.717) is 28.4 Å². The van der Waals surface area contributed by atoms with Gasteiger partial charge in [0, 0.05) is 10.8 Å². The zero-order valence-electron chi connectivity index (χ0n) is 17.8. The van der Waals surface area contributed by atoms with Crippen LogP contribution >= 0.6 is 0 Å². The highest BCUT2D eigenvalue weighted by Crippen LogP contribution is 2.27. The second kappa shape index (κ2) is 8.97. The van der Waals surface area contributed by atoms with Gasteiger partial charge < -0.3 is 9.84 Å². The number of hydrogen-bond donors (Lipinski definition) is 1. The van der Waals surface area contributed by atoms with Crippen molar-refractivity contribution in [3.63, 3.8) is 0 Å². The molecule has 33 heavy (non-hydrogen) atoms. The molecule has 4 nitrogen and oxygen atoms in total. The molecule has 0 fully saturated rings. The highest BCUT2D eigenvalue weighted by atomic mass is 16.5. The van der Waals surface area contributed by atoms with Crippen molar-refractivity contribution >= 4 is 39.9 Å². The largest absolute Gasteiger partial charge is 0.489 e. The van der Waals surface area contributed by atoms with E-state index in [1.165, 1.54) is 0 Å². The van der Waals surface area contributed by atoms with Gasteiger partial charge in [-0.05, 0) is 47.0 Å². The van der Waals surface area contributed by atoms with Gasteiger partial charge in [-0.25, -0.2) is 9.78 Å². The molecule has 0 saturated carbocycles. The summed E-state index contributed by atoms with van der Waals surface area (Å²) in [5.41, 5.74) is 4.69. The first-order valence-electron chi connectivity index (χ1n) is 10.7. The third kappa shape index (κ3) is 4.46. The minimum Gasteiger partial charge on any atom is -0.489 e. The Labute approximate surface area is 191 Å². The molecule has 1 heterocycles. The lowest BCUT2D eigenvalue weighted by atomic mass is 10.0. The van der Waals surface area contributed by atoms with Crippen molar-refractivity contribution in [3.8, 4) is 5.75 Å². The van der Waals surface area contributed by atoms with Crippen molar-refractivity contribution in [2.75, 3.05) is 0 Å². The lowest BCUT2D eigenvalue weighted by Gasteiger charge is -2.08. The first kappa shape index (κ1) is 20.5. The van der Waals surface area contributed by atoms with Crippen molar-refractivity contribution in [1.82, 2.24) is 4.98 Å². The van der Waals surface area contributed by atoms with Gasteiger partial charge in [0.1, 0.15) is 12.4 Å². The number of rotatable bonds is 6. The molecule has 4 heteroatoms. The molecule has 1 aromatic heterocycles. The van der Waals surface area contributed by atoms with E-state index >= 15 is 0 Å². The molecule has 0 aliphatic rings. The molecule has 0 amide bonds. The van der Waals surface area contributed by atoms with Crippen molar-refractivity contribution in [2.45, 2.75) is 6.61 Å². The van der Waals surface area contributed by atoms with Crippen LogP contribution in [0.4, 0.5) is 0 Å². The number of carboxylic acid groups (broad SMARTS) is 1. The van der Waals surface area contributed by atoms with Crippen LogP contribution in [-0.2, 0) is 6.61 Å². The smallest absolute Gasteiger partial charge is 0.337 e. The summed E-state index contributed by atoms with van der Waals surface area (Å²) < 4.78 is 5.84. The molecule has 0 radical (unpaired) electrons. The average molecular weight is 431 g/mol. The summed E-state index contributed by atoms with van der Waals surface area (Å²) in [5.74, 6) is -0.142. The molecule has 0 unspecified atom stereocenters. The third-order valence-corrected chi connectivity index (χ3v) is 5.51. The maximum absolute atomic E-state index is 12.0. The summed E-state index contributed by atoms with van der Waals surface area (Å²) in [6, 6.07) is 31.0. The van der Waals surface area contributed by atoms with Crippen molar-refractivity contribution in [2.24, 2.45) is 0 Å². The van der Waals surface area contributed by atoms with Gasteiger partial charge >= 0.3 is 5.97 Å². The fraction of sp³-hybridized carbons (Fsp3) is 0.0345. The first-order valence-corrected chi connectivity index (χ1v) is 10.7. The molecular formula is C29H21NO3. The van der Waals surface area contributed by atoms with E-state index in [-0.39, 0.29) is 5.56 Å². The van der Waals surface area contributed by atoms with Gasteiger partial charge in [0.25, 0.3) is 0 Å². The Morgan fingerprint density at radius 1 is 0.758 bits per heavy atom. The summed E-state index contributed by atoms with van der Waals surface area (Å²) in [7, 11) is 0. The second-order valence-corrected chi connectivity index (χ2v) is 7.76. The Kier molecular flexibility index (Phi) is 5.56.